The van der Waals surface area contributed by atoms with Crippen molar-refractivity contribution in [3.05, 3.63) is 69.6 Å². The highest BCUT2D eigenvalue weighted by atomic mass is 35.5. The van der Waals surface area contributed by atoms with Crippen molar-refractivity contribution >= 4 is 11.6 Å². The van der Waals surface area contributed by atoms with Crippen LogP contribution in [0.4, 0.5) is 0 Å². The molecule has 172 valence electrons. The van der Waals surface area contributed by atoms with Crippen LogP contribution in [0.2, 0.25) is 5.02 Å². The Bertz CT molecular complexity index is 1190. The van der Waals surface area contributed by atoms with Gasteiger partial charge in [-0.3, -0.25) is 4.57 Å². The fourth-order valence-electron chi connectivity index (χ4n) is 4.17. The number of ether oxygens (including phenoxy) is 4. The van der Waals surface area contributed by atoms with Crippen LogP contribution in [0, 0.1) is 0 Å². The third-order valence-corrected chi connectivity index (χ3v) is 6.14. The molecule has 0 spiro atoms. The molecule has 8 heteroatoms. The summed E-state index contributed by atoms with van der Waals surface area (Å²) in [7, 11) is 0. The molecule has 0 saturated carbocycles. The van der Waals surface area contributed by atoms with Crippen LogP contribution in [0.5, 0.6) is 17.4 Å². The van der Waals surface area contributed by atoms with Gasteiger partial charge in [-0.25, -0.2) is 4.79 Å². The van der Waals surface area contributed by atoms with Gasteiger partial charge < -0.3 is 18.9 Å². The predicted octanol–water partition coefficient (Wildman–Crippen LogP) is 4.14. The molecule has 1 fully saturated rings. The quantitative estimate of drug-likeness (QED) is 0.463. The molecule has 0 amide bonds. The molecule has 33 heavy (non-hydrogen) atoms. The number of para-hydroxylation sites is 1. The van der Waals surface area contributed by atoms with Crippen molar-refractivity contribution in [2.24, 2.45) is 0 Å². The fourth-order valence-corrected chi connectivity index (χ4v) is 4.36. The monoisotopic (exact) mass is 468 g/mol. The number of nitrogens with zero attached hydrogens (tertiary/aromatic N) is 2. The number of aryl methyl sites for hydroxylation is 1. The Hall–Kier alpha value is -3.03. The first-order chi connectivity index (χ1) is 16.2. The second-order valence-corrected chi connectivity index (χ2v) is 8.46. The first-order valence-electron chi connectivity index (χ1n) is 11.2. The molecule has 3 heterocycles. The Morgan fingerprint density at radius 3 is 2.82 bits per heavy atom. The second-order valence-electron chi connectivity index (χ2n) is 8.06. The van der Waals surface area contributed by atoms with E-state index in [-0.39, 0.29) is 11.8 Å². The second kappa shape index (κ2) is 9.85. The average Bonchev–Trinajstić information content (AvgIpc) is 3.35. The molecule has 1 unspecified atom stereocenters. The third-order valence-electron chi connectivity index (χ3n) is 5.83. The van der Waals surface area contributed by atoms with E-state index in [9.17, 15) is 4.79 Å². The van der Waals surface area contributed by atoms with Gasteiger partial charge in [-0.05, 0) is 55.2 Å². The van der Waals surface area contributed by atoms with Gasteiger partial charge >= 0.3 is 5.69 Å². The number of hydrogen-bond donors (Lipinski definition) is 0. The first-order valence-corrected chi connectivity index (χ1v) is 11.5. The van der Waals surface area contributed by atoms with E-state index in [0.29, 0.717) is 43.0 Å². The van der Waals surface area contributed by atoms with Crippen LogP contribution < -0.4 is 19.9 Å². The zero-order valence-corrected chi connectivity index (χ0v) is 18.9. The molecule has 2 aliphatic heterocycles. The summed E-state index contributed by atoms with van der Waals surface area (Å²) in [6.45, 7) is 2.52. The molecule has 5 rings (SSSR count). The van der Waals surface area contributed by atoms with Crippen molar-refractivity contribution in [2.45, 2.75) is 31.9 Å². The summed E-state index contributed by atoms with van der Waals surface area (Å²) in [5.41, 5.74) is 2.63. The van der Waals surface area contributed by atoms with Crippen LogP contribution in [0.25, 0.3) is 11.3 Å². The Labute approximate surface area is 196 Å². The van der Waals surface area contributed by atoms with Gasteiger partial charge in [-0.2, -0.15) is 4.98 Å². The van der Waals surface area contributed by atoms with Gasteiger partial charge in [0.1, 0.15) is 31.3 Å². The molecule has 2 aromatic carbocycles. The standard InChI is InChI=1S/C25H25ClN2O5/c26-21-5-1-2-6-23(21)32-13-12-31-18-7-8-20-17(14-18)9-10-28-22(20)15-24(27-25(28)29)33-16-19-4-3-11-30-19/h1-2,5-8,14-15,19H,3-4,9-13,16H2. The Morgan fingerprint density at radius 2 is 1.97 bits per heavy atom. The highest BCUT2D eigenvalue weighted by Gasteiger charge is 2.21. The number of fused-ring (bicyclic) bond motifs is 3. The van der Waals surface area contributed by atoms with Crippen molar-refractivity contribution < 1.29 is 18.9 Å². The summed E-state index contributed by atoms with van der Waals surface area (Å²) in [6.07, 6.45) is 2.81. The van der Waals surface area contributed by atoms with Gasteiger partial charge in [-0.15, -0.1) is 0 Å². The lowest BCUT2D eigenvalue weighted by Gasteiger charge is -2.22. The maximum atomic E-state index is 12.6. The van der Waals surface area contributed by atoms with E-state index in [1.165, 1.54) is 0 Å². The van der Waals surface area contributed by atoms with Crippen LogP contribution in [-0.4, -0.2) is 42.1 Å². The molecular formula is C25H25ClN2O5. The van der Waals surface area contributed by atoms with E-state index in [2.05, 4.69) is 4.98 Å². The minimum Gasteiger partial charge on any atom is -0.490 e. The summed E-state index contributed by atoms with van der Waals surface area (Å²) in [6, 6.07) is 15.1. The molecule has 1 saturated heterocycles. The number of aromatic nitrogens is 2. The Morgan fingerprint density at radius 1 is 1.09 bits per heavy atom. The SMILES string of the molecule is O=c1nc(OCC2CCCO2)cc2n1CCc1cc(OCCOc3ccccc3Cl)ccc1-2. The number of benzene rings is 2. The average molecular weight is 469 g/mol. The largest absolute Gasteiger partial charge is 0.490 e. The maximum absolute atomic E-state index is 12.6. The molecule has 3 aromatic rings. The van der Waals surface area contributed by atoms with Gasteiger partial charge in [0.05, 0.1) is 16.8 Å². The number of rotatable bonds is 8. The highest BCUT2D eigenvalue weighted by Crippen LogP contribution is 2.32. The van der Waals surface area contributed by atoms with Gasteiger partial charge in [0.2, 0.25) is 5.88 Å². The summed E-state index contributed by atoms with van der Waals surface area (Å²) >= 11 is 6.11. The van der Waals surface area contributed by atoms with Gasteiger partial charge in [0.25, 0.3) is 0 Å². The molecule has 2 aliphatic rings. The molecule has 1 aromatic heterocycles. The lowest BCUT2D eigenvalue weighted by atomic mass is 9.97. The van der Waals surface area contributed by atoms with Crippen LogP contribution in [-0.2, 0) is 17.7 Å². The van der Waals surface area contributed by atoms with E-state index in [4.69, 9.17) is 30.5 Å². The van der Waals surface area contributed by atoms with Crippen molar-refractivity contribution in [2.75, 3.05) is 26.4 Å². The van der Waals surface area contributed by atoms with Gasteiger partial charge in [0.15, 0.2) is 0 Å². The summed E-state index contributed by atoms with van der Waals surface area (Å²) in [5.74, 6) is 1.74. The Balaban J connectivity index is 1.25. The van der Waals surface area contributed by atoms with Crippen LogP contribution in [0.1, 0.15) is 18.4 Å². The van der Waals surface area contributed by atoms with Crippen molar-refractivity contribution in [3.63, 3.8) is 0 Å². The lowest BCUT2D eigenvalue weighted by molar-refractivity contribution is 0.0661. The topological polar surface area (TPSA) is 71.8 Å². The summed E-state index contributed by atoms with van der Waals surface area (Å²) in [4.78, 5) is 16.7. The van der Waals surface area contributed by atoms with Gasteiger partial charge in [0, 0.05) is 24.8 Å². The molecule has 0 N–H and O–H groups in total. The van der Waals surface area contributed by atoms with E-state index in [1.807, 2.05) is 42.5 Å². The molecule has 7 nitrogen and oxygen atoms in total. The van der Waals surface area contributed by atoms with Crippen molar-refractivity contribution in [1.29, 1.82) is 0 Å². The van der Waals surface area contributed by atoms with E-state index in [1.54, 1.807) is 10.6 Å². The number of hydrogen-bond acceptors (Lipinski definition) is 6. The van der Waals surface area contributed by atoms with Crippen LogP contribution in [0.3, 0.4) is 0 Å². The van der Waals surface area contributed by atoms with Crippen LogP contribution >= 0.6 is 11.6 Å². The smallest absolute Gasteiger partial charge is 0.351 e. The highest BCUT2D eigenvalue weighted by molar-refractivity contribution is 6.32. The Kier molecular flexibility index (Phi) is 6.51. The zero-order valence-electron chi connectivity index (χ0n) is 18.2. The lowest BCUT2D eigenvalue weighted by Crippen LogP contribution is -2.29. The normalized spacial score (nSPS) is 16.7. The zero-order chi connectivity index (χ0) is 22.6. The minimum atomic E-state index is -0.294. The third kappa shape index (κ3) is 4.99. The fraction of sp³-hybridized carbons (Fsp3) is 0.360. The summed E-state index contributed by atoms with van der Waals surface area (Å²) < 4.78 is 24.6. The van der Waals surface area contributed by atoms with Crippen molar-refractivity contribution in [1.82, 2.24) is 9.55 Å². The van der Waals surface area contributed by atoms with E-state index < -0.39 is 0 Å². The van der Waals surface area contributed by atoms with E-state index >= 15 is 0 Å². The molecule has 0 radical (unpaired) electrons. The van der Waals surface area contributed by atoms with Crippen LogP contribution in [0.15, 0.2) is 53.3 Å². The van der Waals surface area contributed by atoms with E-state index in [0.717, 1.165) is 48.4 Å². The number of halogens is 1. The molecule has 0 bridgehead atoms. The predicted molar refractivity (Wildman–Crippen MR) is 125 cm³/mol. The molecular weight excluding hydrogens is 444 g/mol. The minimum absolute atomic E-state index is 0.0690. The molecule has 1 atom stereocenters. The first kappa shape index (κ1) is 21.8. The summed E-state index contributed by atoms with van der Waals surface area (Å²) in [5, 5.41) is 0.578. The van der Waals surface area contributed by atoms with Gasteiger partial charge in [-0.1, -0.05) is 23.7 Å². The maximum Gasteiger partial charge on any atom is 0.351 e. The van der Waals surface area contributed by atoms with Crippen molar-refractivity contribution in [3.8, 4) is 28.6 Å². The molecule has 0 aliphatic carbocycles.